The first kappa shape index (κ1) is 33.4. The molecule has 6 aromatic rings. The van der Waals surface area contributed by atoms with E-state index < -0.39 is 5.97 Å². The molecule has 3 aromatic carbocycles. The van der Waals surface area contributed by atoms with Crippen LogP contribution in [-0.4, -0.2) is 64.8 Å². The topological polar surface area (TPSA) is 93.9 Å². The summed E-state index contributed by atoms with van der Waals surface area (Å²) in [7, 11) is 1.66. The van der Waals surface area contributed by atoms with Crippen molar-refractivity contribution in [3.63, 3.8) is 0 Å². The van der Waals surface area contributed by atoms with Gasteiger partial charge in [0.15, 0.2) is 0 Å². The first-order valence-corrected chi connectivity index (χ1v) is 18.7. The molecule has 1 aliphatic carbocycles. The van der Waals surface area contributed by atoms with E-state index in [1.54, 1.807) is 13.2 Å². The summed E-state index contributed by atoms with van der Waals surface area (Å²) in [5.74, 6) is 0.0956. The third-order valence-corrected chi connectivity index (χ3v) is 11.7. The second-order valence-electron chi connectivity index (χ2n) is 13.3. The van der Waals surface area contributed by atoms with Crippen LogP contribution in [0.1, 0.15) is 53.3 Å². The van der Waals surface area contributed by atoms with Crippen LogP contribution in [0.3, 0.4) is 0 Å². The number of methoxy groups -OCH3 is 1. The first-order chi connectivity index (χ1) is 24.9. The van der Waals surface area contributed by atoms with Gasteiger partial charge < -0.3 is 24.0 Å². The van der Waals surface area contributed by atoms with E-state index in [0.717, 1.165) is 86.2 Å². The van der Waals surface area contributed by atoms with E-state index in [1.165, 1.54) is 23.3 Å². The number of thiophene rings is 1. The molecule has 8 rings (SSSR count). The molecule has 1 aliphatic heterocycles. The van der Waals surface area contributed by atoms with Crippen LogP contribution in [0.5, 0.6) is 5.75 Å². The molecule has 10 heteroatoms. The van der Waals surface area contributed by atoms with Gasteiger partial charge in [-0.1, -0.05) is 61.2 Å². The summed E-state index contributed by atoms with van der Waals surface area (Å²) in [6, 6.07) is 26.0. The maximum atomic E-state index is 13.8. The predicted octanol–water partition coefficient (Wildman–Crippen LogP) is 9.52. The van der Waals surface area contributed by atoms with Crippen LogP contribution >= 0.6 is 22.9 Å². The van der Waals surface area contributed by atoms with Crippen LogP contribution < -0.4 is 4.74 Å². The highest BCUT2D eigenvalue weighted by Crippen LogP contribution is 2.47. The van der Waals surface area contributed by atoms with Crippen LogP contribution in [0.2, 0.25) is 5.02 Å². The fourth-order valence-corrected chi connectivity index (χ4v) is 8.96. The summed E-state index contributed by atoms with van der Waals surface area (Å²) in [5, 5.41) is 11.7. The molecule has 2 fully saturated rings. The van der Waals surface area contributed by atoms with Crippen LogP contribution in [0.4, 0.5) is 0 Å². The number of hydrogen-bond donors (Lipinski definition) is 1. The average Bonchev–Trinajstić information content (AvgIpc) is 3.73. The van der Waals surface area contributed by atoms with Gasteiger partial charge >= 0.3 is 5.97 Å². The number of ether oxygens (including phenoxy) is 2. The van der Waals surface area contributed by atoms with Crippen LogP contribution in [0, 0.1) is 0 Å². The largest absolute Gasteiger partial charge is 0.497 e. The van der Waals surface area contributed by atoms with Crippen molar-refractivity contribution in [2.24, 2.45) is 0 Å². The number of benzene rings is 3. The molecule has 260 valence electrons. The minimum Gasteiger partial charge on any atom is -0.497 e. The second-order valence-corrected chi connectivity index (χ2v) is 14.8. The quantitative estimate of drug-likeness (QED) is 0.168. The Morgan fingerprint density at radius 1 is 0.922 bits per heavy atom. The molecule has 1 saturated carbocycles. The van der Waals surface area contributed by atoms with Crippen molar-refractivity contribution < 1.29 is 24.2 Å². The molecule has 2 aliphatic rings. The van der Waals surface area contributed by atoms with Gasteiger partial charge in [0.2, 0.25) is 5.91 Å². The van der Waals surface area contributed by atoms with E-state index in [4.69, 9.17) is 26.1 Å². The SMILES string of the molecule is COc1ccc(-c2ccc(Cl)cc2)c(-c2ccc3cc(-c4c(C5CCCCC5)c5sc(C(=O)O)cc5n4CC(=O)N4CCOCC4)ccc3n2)c1. The smallest absolute Gasteiger partial charge is 0.345 e. The summed E-state index contributed by atoms with van der Waals surface area (Å²) < 4.78 is 14.2. The molecular formula is C41H38ClN3O5S. The summed E-state index contributed by atoms with van der Waals surface area (Å²) in [6.45, 7) is 2.27. The Hall–Kier alpha value is -4.70. The number of carboxylic acids is 1. The van der Waals surface area contributed by atoms with Crippen LogP contribution in [0.15, 0.2) is 78.9 Å². The number of carbonyl (C=O) groups excluding carboxylic acids is 1. The number of nitrogens with zero attached hydrogens (tertiary/aromatic N) is 3. The average molecular weight is 720 g/mol. The lowest BCUT2D eigenvalue weighted by Crippen LogP contribution is -2.42. The number of aromatic carboxylic acids is 1. The zero-order valence-corrected chi connectivity index (χ0v) is 29.9. The summed E-state index contributed by atoms with van der Waals surface area (Å²) in [5.41, 5.74) is 8.66. The molecule has 0 atom stereocenters. The molecule has 1 amide bonds. The number of halogens is 1. The number of pyridine rings is 1. The third kappa shape index (κ3) is 6.50. The van der Waals surface area contributed by atoms with Crippen molar-refractivity contribution in [2.45, 2.75) is 44.6 Å². The van der Waals surface area contributed by atoms with Crippen LogP contribution in [0.25, 0.3) is 54.8 Å². The van der Waals surface area contributed by atoms with Gasteiger partial charge in [0.05, 0.1) is 47.4 Å². The highest BCUT2D eigenvalue weighted by Gasteiger charge is 2.31. The number of rotatable bonds is 8. The van der Waals surface area contributed by atoms with Gasteiger partial charge in [-0.05, 0) is 89.5 Å². The monoisotopic (exact) mass is 719 g/mol. The lowest BCUT2D eigenvalue weighted by Gasteiger charge is -2.28. The molecule has 1 saturated heterocycles. The number of morpholine rings is 1. The molecular weight excluding hydrogens is 682 g/mol. The maximum Gasteiger partial charge on any atom is 0.345 e. The number of fused-ring (bicyclic) bond motifs is 2. The number of carboxylic acid groups (broad SMARTS) is 1. The highest BCUT2D eigenvalue weighted by atomic mass is 35.5. The zero-order chi connectivity index (χ0) is 35.1. The third-order valence-electron chi connectivity index (χ3n) is 10.3. The van der Waals surface area contributed by atoms with Gasteiger partial charge in [0.1, 0.15) is 17.2 Å². The Labute approximate surface area is 305 Å². The van der Waals surface area contributed by atoms with E-state index in [1.807, 2.05) is 53.4 Å². The van der Waals surface area contributed by atoms with Gasteiger partial charge in [0, 0.05) is 29.1 Å². The Bertz CT molecular complexity index is 2270. The summed E-state index contributed by atoms with van der Waals surface area (Å²) >= 11 is 7.53. The summed E-state index contributed by atoms with van der Waals surface area (Å²) in [4.78, 5) is 33.3. The van der Waals surface area contributed by atoms with Gasteiger partial charge in [-0.15, -0.1) is 11.3 Å². The van der Waals surface area contributed by atoms with Crippen molar-refractivity contribution in [1.82, 2.24) is 14.5 Å². The Morgan fingerprint density at radius 3 is 2.43 bits per heavy atom. The normalized spacial score (nSPS) is 15.5. The summed E-state index contributed by atoms with van der Waals surface area (Å²) in [6.07, 6.45) is 5.55. The van der Waals surface area contributed by atoms with Gasteiger partial charge in [-0.25, -0.2) is 9.78 Å². The van der Waals surface area contributed by atoms with E-state index in [0.29, 0.717) is 36.2 Å². The van der Waals surface area contributed by atoms with Gasteiger partial charge in [0.25, 0.3) is 0 Å². The van der Waals surface area contributed by atoms with Gasteiger partial charge in [-0.2, -0.15) is 0 Å². The van der Waals surface area contributed by atoms with Crippen LogP contribution in [-0.2, 0) is 16.1 Å². The predicted molar refractivity (Wildman–Crippen MR) is 203 cm³/mol. The van der Waals surface area contributed by atoms with Crippen molar-refractivity contribution in [1.29, 1.82) is 0 Å². The molecule has 3 aromatic heterocycles. The zero-order valence-electron chi connectivity index (χ0n) is 28.4. The number of hydrogen-bond acceptors (Lipinski definition) is 6. The fraction of sp³-hybridized carbons (Fsp3) is 0.293. The second kappa shape index (κ2) is 14.1. The minimum atomic E-state index is -0.943. The molecule has 0 spiro atoms. The number of carbonyl (C=O) groups is 2. The van der Waals surface area contributed by atoms with Crippen molar-refractivity contribution >= 4 is 55.9 Å². The lowest BCUT2D eigenvalue weighted by atomic mass is 9.83. The Balaban J connectivity index is 1.26. The van der Waals surface area contributed by atoms with E-state index in [2.05, 4.69) is 28.8 Å². The van der Waals surface area contributed by atoms with E-state index >= 15 is 0 Å². The van der Waals surface area contributed by atoms with Crippen molar-refractivity contribution in [2.75, 3.05) is 33.4 Å². The highest BCUT2D eigenvalue weighted by molar-refractivity contribution is 7.21. The van der Waals surface area contributed by atoms with Gasteiger partial charge in [-0.3, -0.25) is 4.79 Å². The number of aromatic nitrogens is 2. The molecule has 0 bridgehead atoms. The molecule has 1 N–H and O–H groups in total. The minimum absolute atomic E-state index is 0.0107. The lowest BCUT2D eigenvalue weighted by molar-refractivity contribution is -0.135. The maximum absolute atomic E-state index is 13.8. The molecule has 0 radical (unpaired) electrons. The first-order valence-electron chi connectivity index (χ1n) is 17.5. The van der Waals surface area contributed by atoms with Crippen molar-refractivity contribution in [3.05, 3.63) is 94.3 Å². The van der Waals surface area contributed by atoms with Crippen molar-refractivity contribution in [3.8, 4) is 39.4 Å². The molecule has 8 nitrogen and oxygen atoms in total. The Kier molecular flexibility index (Phi) is 9.27. The standard InChI is InChI=1S/C41H38ClN3O5S/c1-49-30-13-14-31(25-7-11-29(42)12-8-25)32(22-30)34-16-9-27-21-28(10-15-33(27)43-34)39-38(26-5-3-2-4-6-26)40-35(23-36(51-40)41(47)48)45(39)24-37(46)44-17-19-50-20-18-44/h7-16,21-23,26H,2-6,17-20,24H2,1H3,(H,47,48). The fourth-order valence-electron chi connectivity index (χ4n) is 7.71. The number of amides is 1. The molecule has 0 unspecified atom stereocenters. The Morgan fingerprint density at radius 2 is 1.69 bits per heavy atom. The van der Waals surface area contributed by atoms with E-state index in [9.17, 15) is 14.7 Å². The molecule has 4 heterocycles. The molecule has 51 heavy (non-hydrogen) atoms. The van der Waals surface area contributed by atoms with E-state index in [-0.39, 0.29) is 18.4 Å².